The molecule has 0 heterocycles. The molecule has 0 aliphatic heterocycles. The molecule has 2 aromatic rings. The molecule has 0 bridgehead atoms. The van der Waals surface area contributed by atoms with Crippen molar-refractivity contribution < 1.29 is 14.3 Å². The molecule has 132 valence electrons. The van der Waals surface area contributed by atoms with E-state index in [1.807, 2.05) is 24.3 Å². The molecule has 0 radical (unpaired) electrons. The average molecular weight is 379 g/mol. The lowest BCUT2D eigenvalue weighted by Crippen LogP contribution is -2.28. The number of halogens is 1. The predicted octanol–water partition coefficient (Wildman–Crippen LogP) is 4.01. The molecule has 0 aromatic heterocycles. The molecule has 0 amide bonds. The summed E-state index contributed by atoms with van der Waals surface area (Å²) in [6, 6.07) is 12.7. The Balaban J connectivity index is 1.98. The second-order valence-corrected chi connectivity index (χ2v) is 5.89. The lowest BCUT2D eigenvalue weighted by atomic mass is 10.2. The Kier molecular flexibility index (Phi) is 7.03. The molecule has 0 saturated carbocycles. The maximum atomic E-state index is 11.9. The summed E-state index contributed by atoms with van der Waals surface area (Å²) in [4.78, 5) is 11.9. The molecule has 0 atom stereocenters. The van der Waals surface area contributed by atoms with Crippen molar-refractivity contribution in [2.24, 2.45) is 0 Å². The number of esters is 1. The van der Waals surface area contributed by atoms with Crippen molar-refractivity contribution in [3.8, 4) is 5.75 Å². The maximum absolute atomic E-state index is 11.9. The van der Waals surface area contributed by atoms with Crippen LogP contribution in [0.3, 0.4) is 0 Å². The second kappa shape index (κ2) is 9.25. The van der Waals surface area contributed by atoms with Gasteiger partial charge in [-0.05, 0) is 55.0 Å². The van der Waals surface area contributed by atoms with Gasteiger partial charge in [0.2, 0.25) is 0 Å². The number of hydrogen-bond acceptors (Lipinski definition) is 4. The zero-order valence-corrected chi connectivity index (χ0v) is 15.5. The molecule has 0 aliphatic rings. The molecular formula is C18H19ClN2O3S. The fourth-order valence-electron chi connectivity index (χ4n) is 2.11. The topological polar surface area (TPSA) is 59.6 Å². The van der Waals surface area contributed by atoms with Crippen LogP contribution in [0.25, 0.3) is 0 Å². The summed E-state index contributed by atoms with van der Waals surface area (Å²) < 4.78 is 10.2. The van der Waals surface area contributed by atoms with Crippen LogP contribution in [0.4, 0.5) is 5.69 Å². The SMILES string of the molecule is CCOC(=O)c1cc(NC(=S)NCc2cccc(OC)c2)ccc1Cl. The van der Waals surface area contributed by atoms with Gasteiger partial charge in [0.05, 0.1) is 24.3 Å². The van der Waals surface area contributed by atoms with Crippen LogP contribution >= 0.6 is 23.8 Å². The van der Waals surface area contributed by atoms with E-state index < -0.39 is 5.97 Å². The van der Waals surface area contributed by atoms with Crippen molar-refractivity contribution in [2.75, 3.05) is 19.0 Å². The summed E-state index contributed by atoms with van der Waals surface area (Å²) in [6.07, 6.45) is 0. The monoisotopic (exact) mass is 378 g/mol. The molecule has 7 heteroatoms. The maximum Gasteiger partial charge on any atom is 0.339 e. The summed E-state index contributed by atoms with van der Waals surface area (Å²) in [5, 5.41) is 6.89. The standard InChI is InChI=1S/C18H19ClN2O3S/c1-3-24-17(22)15-10-13(7-8-16(15)19)21-18(25)20-11-12-5-4-6-14(9-12)23-2/h4-10H,3,11H2,1-2H3,(H2,20,21,25). The van der Waals surface area contributed by atoms with Gasteiger partial charge in [-0.1, -0.05) is 23.7 Å². The minimum atomic E-state index is -0.466. The van der Waals surface area contributed by atoms with E-state index in [4.69, 9.17) is 33.3 Å². The smallest absolute Gasteiger partial charge is 0.339 e. The van der Waals surface area contributed by atoms with E-state index in [-0.39, 0.29) is 6.61 Å². The number of anilines is 1. The zero-order valence-electron chi connectivity index (χ0n) is 14.0. The number of hydrogen-bond donors (Lipinski definition) is 2. The highest BCUT2D eigenvalue weighted by molar-refractivity contribution is 7.80. The predicted molar refractivity (Wildman–Crippen MR) is 103 cm³/mol. The summed E-state index contributed by atoms with van der Waals surface area (Å²) in [5.41, 5.74) is 1.98. The first-order valence-electron chi connectivity index (χ1n) is 7.68. The summed E-state index contributed by atoms with van der Waals surface area (Å²) >= 11 is 11.3. The first-order chi connectivity index (χ1) is 12.0. The summed E-state index contributed by atoms with van der Waals surface area (Å²) in [6.45, 7) is 2.57. The van der Waals surface area contributed by atoms with Crippen molar-refractivity contribution in [1.82, 2.24) is 5.32 Å². The molecule has 0 unspecified atom stereocenters. The molecule has 2 N–H and O–H groups in total. The third-order valence-corrected chi connectivity index (χ3v) is 3.88. The molecule has 0 fully saturated rings. The first kappa shape index (κ1) is 19.0. The normalized spacial score (nSPS) is 10.0. The van der Waals surface area contributed by atoms with Crippen LogP contribution in [0.1, 0.15) is 22.8 Å². The Morgan fingerprint density at radius 2 is 2.04 bits per heavy atom. The van der Waals surface area contributed by atoms with Crippen LogP contribution in [0.15, 0.2) is 42.5 Å². The van der Waals surface area contributed by atoms with Crippen molar-refractivity contribution in [3.05, 3.63) is 58.6 Å². The zero-order chi connectivity index (χ0) is 18.2. The Labute approximate surface area is 157 Å². The fourth-order valence-corrected chi connectivity index (χ4v) is 2.49. The molecular weight excluding hydrogens is 360 g/mol. The van der Waals surface area contributed by atoms with E-state index in [9.17, 15) is 4.79 Å². The van der Waals surface area contributed by atoms with E-state index in [2.05, 4.69) is 10.6 Å². The highest BCUT2D eigenvalue weighted by atomic mass is 35.5. The van der Waals surface area contributed by atoms with Crippen LogP contribution < -0.4 is 15.4 Å². The largest absolute Gasteiger partial charge is 0.497 e. The number of carbonyl (C=O) groups is 1. The Morgan fingerprint density at radius 3 is 2.76 bits per heavy atom. The van der Waals surface area contributed by atoms with Gasteiger partial charge in [-0.15, -0.1) is 0 Å². The van der Waals surface area contributed by atoms with Gasteiger partial charge in [-0.3, -0.25) is 0 Å². The number of carbonyl (C=O) groups excluding carboxylic acids is 1. The second-order valence-electron chi connectivity index (χ2n) is 5.07. The van der Waals surface area contributed by atoms with Gasteiger partial charge in [0.1, 0.15) is 5.75 Å². The van der Waals surface area contributed by atoms with E-state index in [1.165, 1.54) is 0 Å². The number of rotatable bonds is 6. The van der Waals surface area contributed by atoms with E-state index in [1.54, 1.807) is 32.2 Å². The van der Waals surface area contributed by atoms with E-state index in [0.29, 0.717) is 27.9 Å². The molecule has 0 saturated heterocycles. The number of methoxy groups -OCH3 is 1. The van der Waals surface area contributed by atoms with Crippen molar-refractivity contribution in [3.63, 3.8) is 0 Å². The lowest BCUT2D eigenvalue weighted by molar-refractivity contribution is 0.0526. The van der Waals surface area contributed by atoms with Crippen molar-refractivity contribution >= 4 is 40.6 Å². The summed E-state index contributed by atoms with van der Waals surface area (Å²) in [7, 11) is 1.63. The highest BCUT2D eigenvalue weighted by Crippen LogP contribution is 2.21. The third-order valence-electron chi connectivity index (χ3n) is 3.31. The summed E-state index contributed by atoms with van der Waals surface area (Å²) in [5.74, 6) is 0.321. The quantitative estimate of drug-likeness (QED) is 0.585. The Morgan fingerprint density at radius 1 is 1.24 bits per heavy atom. The van der Waals surface area contributed by atoms with Crippen LogP contribution in [-0.2, 0) is 11.3 Å². The van der Waals surface area contributed by atoms with Crippen molar-refractivity contribution in [2.45, 2.75) is 13.5 Å². The Hall–Kier alpha value is -2.31. The average Bonchev–Trinajstić information content (AvgIpc) is 2.62. The molecule has 0 spiro atoms. The third kappa shape index (κ3) is 5.62. The van der Waals surface area contributed by atoms with Crippen LogP contribution in [0.5, 0.6) is 5.75 Å². The van der Waals surface area contributed by atoms with Gasteiger partial charge in [-0.25, -0.2) is 4.79 Å². The number of thiocarbonyl (C=S) groups is 1. The van der Waals surface area contributed by atoms with Gasteiger partial charge in [-0.2, -0.15) is 0 Å². The Bertz CT molecular complexity index is 768. The number of benzene rings is 2. The van der Waals surface area contributed by atoms with Gasteiger partial charge >= 0.3 is 5.97 Å². The number of ether oxygens (including phenoxy) is 2. The van der Waals surface area contributed by atoms with E-state index >= 15 is 0 Å². The highest BCUT2D eigenvalue weighted by Gasteiger charge is 2.12. The van der Waals surface area contributed by atoms with Crippen molar-refractivity contribution in [1.29, 1.82) is 0 Å². The molecule has 5 nitrogen and oxygen atoms in total. The number of nitrogens with one attached hydrogen (secondary N) is 2. The molecule has 25 heavy (non-hydrogen) atoms. The molecule has 2 aromatic carbocycles. The molecule has 0 aliphatic carbocycles. The minimum absolute atomic E-state index is 0.285. The van der Waals surface area contributed by atoms with Crippen LogP contribution in [-0.4, -0.2) is 24.8 Å². The van der Waals surface area contributed by atoms with Gasteiger partial charge in [0, 0.05) is 12.2 Å². The van der Waals surface area contributed by atoms with Gasteiger partial charge in [0.15, 0.2) is 5.11 Å². The van der Waals surface area contributed by atoms with Gasteiger partial charge in [0.25, 0.3) is 0 Å². The van der Waals surface area contributed by atoms with E-state index in [0.717, 1.165) is 11.3 Å². The molecule has 2 rings (SSSR count). The first-order valence-corrected chi connectivity index (χ1v) is 8.46. The fraction of sp³-hybridized carbons (Fsp3) is 0.222. The van der Waals surface area contributed by atoms with Crippen LogP contribution in [0.2, 0.25) is 5.02 Å². The lowest BCUT2D eigenvalue weighted by Gasteiger charge is -2.12. The minimum Gasteiger partial charge on any atom is -0.497 e. The van der Waals surface area contributed by atoms with Crippen LogP contribution in [0, 0.1) is 0 Å². The van der Waals surface area contributed by atoms with Gasteiger partial charge < -0.3 is 20.1 Å².